The SMILES string of the molecule is COC(=O)Cc1cc(N(C)C(=O)OC(C)(C)C)cc(B(O)O)c1C. The normalized spacial score (nSPS) is 11.0. The fourth-order valence-corrected chi connectivity index (χ4v) is 2.09. The van der Waals surface area contributed by atoms with Crippen LogP contribution >= 0.6 is 0 Å². The van der Waals surface area contributed by atoms with Crippen LogP contribution in [-0.4, -0.2) is 49.0 Å². The van der Waals surface area contributed by atoms with Crippen LogP contribution in [0.5, 0.6) is 0 Å². The lowest BCUT2D eigenvalue weighted by atomic mass is 9.75. The number of methoxy groups -OCH3 is 1. The van der Waals surface area contributed by atoms with Crippen molar-refractivity contribution in [1.82, 2.24) is 0 Å². The van der Waals surface area contributed by atoms with Gasteiger partial charge in [-0.15, -0.1) is 0 Å². The maximum absolute atomic E-state index is 12.2. The fraction of sp³-hybridized carbons (Fsp3) is 0.500. The van der Waals surface area contributed by atoms with Crippen LogP contribution in [0.4, 0.5) is 10.5 Å². The summed E-state index contributed by atoms with van der Waals surface area (Å²) < 4.78 is 9.95. The number of amides is 1. The molecule has 0 saturated heterocycles. The van der Waals surface area contributed by atoms with E-state index in [1.807, 2.05) is 0 Å². The zero-order chi connectivity index (χ0) is 18.7. The fourth-order valence-electron chi connectivity index (χ4n) is 2.09. The van der Waals surface area contributed by atoms with Crippen LogP contribution in [-0.2, 0) is 20.7 Å². The van der Waals surface area contributed by atoms with Gasteiger partial charge in [0, 0.05) is 12.7 Å². The number of hydrogen-bond donors (Lipinski definition) is 2. The van der Waals surface area contributed by atoms with E-state index in [0.29, 0.717) is 16.8 Å². The van der Waals surface area contributed by atoms with E-state index in [0.717, 1.165) is 0 Å². The van der Waals surface area contributed by atoms with Crippen molar-refractivity contribution in [1.29, 1.82) is 0 Å². The van der Waals surface area contributed by atoms with Crippen LogP contribution in [0.15, 0.2) is 12.1 Å². The molecule has 1 aromatic rings. The van der Waals surface area contributed by atoms with Gasteiger partial charge in [-0.3, -0.25) is 9.69 Å². The van der Waals surface area contributed by atoms with Gasteiger partial charge in [0.25, 0.3) is 0 Å². The smallest absolute Gasteiger partial charge is 0.469 e. The molecule has 8 heteroatoms. The van der Waals surface area contributed by atoms with Crippen molar-refractivity contribution in [3.05, 3.63) is 23.3 Å². The molecule has 0 aromatic heterocycles. The molecule has 2 N–H and O–H groups in total. The van der Waals surface area contributed by atoms with Gasteiger partial charge in [0.15, 0.2) is 0 Å². The minimum absolute atomic E-state index is 0.0436. The van der Waals surface area contributed by atoms with Crippen molar-refractivity contribution in [2.75, 3.05) is 19.1 Å². The van der Waals surface area contributed by atoms with Crippen LogP contribution in [0.2, 0.25) is 0 Å². The predicted molar refractivity (Wildman–Crippen MR) is 91.4 cm³/mol. The van der Waals surface area contributed by atoms with E-state index < -0.39 is 24.8 Å². The van der Waals surface area contributed by atoms with E-state index in [-0.39, 0.29) is 11.9 Å². The Balaban J connectivity index is 3.27. The third-order valence-electron chi connectivity index (χ3n) is 3.44. The summed E-state index contributed by atoms with van der Waals surface area (Å²) in [5, 5.41) is 19.1. The second-order valence-corrected chi connectivity index (χ2v) is 6.49. The number of carbonyl (C=O) groups excluding carboxylic acids is 2. The highest BCUT2D eigenvalue weighted by Gasteiger charge is 2.24. The average Bonchev–Trinajstić information content (AvgIpc) is 2.46. The Bertz CT molecular complexity index is 624. The summed E-state index contributed by atoms with van der Waals surface area (Å²) in [6.07, 6.45) is -0.633. The summed E-state index contributed by atoms with van der Waals surface area (Å²) in [7, 11) is 1.05. The number of esters is 1. The van der Waals surface area contributed by atoms with Crippen molar-refractivity contribution in [2.45, 2.75) is 39.7 Å². The van der Waals surface area contributed by atoms with Crippen LogP contribution in [0, 0.1) is 6.92 Å². The van der Waals surface area contributed by atoms with E-state index in [4.69, 9.17) is 4.74 Å². The molecule has 0 spiro atoms. The van der Waals surface area contributed by atoms with Gasteiger partial charge in [-0.2, -0.15) is 0 Å². The lowest BCUT2D eigenvalue weighted by molar-refractivity contribution is -0.139. The molecule has 1 amide bonds. The number of benzene rings is 1. The Labute approximate surface area is 142 Å². The minimum Gasteiger partial charge on any atom is -0.469 e. The second-order valence-electron chi connectivity index (χ2n) is 6.49. The molecule has 0 unspecified atom stereocenters. The highest BCUT2D eigenvalue weighted by Crippen LogP contribution is 2.20. The topological polar surface area (TPSA) is 96.3 Å². The molecular formula is C16H24BNO6. The number of anilines is 1. The molecule has 0 bridgehead atoms. The first kappa shape index (κ1) is 20.0. The highest BCUT2D eigenvalue weighted by molar-refractivity contribution is 6.59. The molecule has 24 heavy (non-hydrogen) atoms. The molecular weight excluding hydrogens is 313 g/mol. The molecule has 1 rings (SSSR count). The number of nitrogens with zero attached hydrogens (tertiary/aromatic N) is 1. The maximum Gasteiger partial charge on any atom is 0.488 e. The van der Waals surface area contributed by atoms with Gasteiger partial charge in [0.2, 0.25) is 0 Å². The van der Waals surface area contributed by atoms with Gasteiger partial charge in [0.1, 0.15) is 5.60 Å². The van der Waals surface area contributed by atoms with Crippen molar-refractivity contribution < 1.29 is 29.1 Å². The molecule has 0 atom stereocenters. The van der Waals surface area contributed by atoms with Crippen molar-refractivity contribution in [3.63, 3.8) is 0 Å². The first-order valence-electron chi connectivity index (χ1n) is 7.49. The zero-order valence-corrected chi connectivity index (χ0v) is 14.9. The molecule has 132 valence electrons. The van der Waals surface area contributed by atoms with Gasteiger partial charge < -0.3 is 19.5 Å². The third-order valence-corrected chi connectivity index (χ3v) is 3.44. The monoisotopic (exact) mass is 337 g/mol. The Kier molecular flexibility index (Phi) is 6.39. The lowest BCUT2D eigenvalue weighted by Gasteiger charge is -2.26. The molecule has 0 aliphatic heterocycles. The summed E-state index contributed by atoms with van der Waals surface area (Å²) in [5.41, 5.74) is 1.03. The van der Waals surface area contributed by atoms with Crippen LogP contribution in [0.25, 0.3) is 0 Å². The molecule has 1 aromatic carbocycles. The Hall–Kier alpha value is -2.06. The molecule has 7 nitrogen and oxygen atoms in total. The summed E-state index contributed by atoms with van der Waals surface area (Å²) in [6.45, 7) is 6.92. The van der Waals surface area contributed by atoms with E-state index >= 15 is 0 Å². The standard InChI is InChI=1S/C16H24BNO6/c1-10-11(8-14(19)23-6)7-12(9-13(10)17(21)22)18(5)15(20)24-16(2,3)4/h7,9,21-22H,8H2,1-6H3. The van der Waals surface area contributed by atoms with Crippen LogP contribution in [0.1, 0.15) is 31.9 Å². The van der Waals surface area contributed by atoms with Gasteiger partial charge in [0.05, 0.1) is 13.5 Å². The number of hydrogen-bond acceptors (Lipinski definition) is 6. The third kappa shape index (κ3) is 5.24. The summed E-state index contributed by atoms with van der Waals surface area (Å²) >= 11 is 0. The van der Waals surface area contributed by atoms with Crippen molar-refractivity contribution >= 4 is 30.3 Å². The molecule has 0 heterocycles. The zero-order valence-electron chi connectivity index (χ0n) is 14.9. The molecule has 0 radical (unpaired) electrons. The summed E-state index contributed by atoms with van der Waals surface area (Å²) in [5.74, 6) is -0.464. The molecule has 0 saturated carbocycles. The van der Waals surface area contributed by atoms with Crippen molar-refractivity contribution in [2.24, 2.45) is 0 Å². The maximum atomic E-state index is 12.2. The Morgan fingerprint density at radius 2 is 1.83 bits per heavy atom. The predicted octanol–water partition coefficient (Wildman–Crippen LogP) is 0.762. The Morgan fingerprint density at radius 3 is 2.29 bits per heavy atom. The van der Waals surface area contributed by atoms with E-state index in [1.54, 1.807) is 33.8 Å². The molecule has 0 aliphatic rings. The van der Waals surface area contributed by atoms with Gasteiger partial charge in [-0.25, -0.2) is 4.79 Å². The van der Waals surface area contributed by atoms with Gasteiger partial charge in [-0.05, 0) is 56.4 Å². The quantitative estimate of drug-likeness (QED) is 0.622. The largest absolute Gasteiger partial charge is 0.488 e. The summed E-state index contributed by atoms with van der Waals surface area (Å²) in [4.78, 5) is 25.0. The highest BCUT2D eigenvalue weighted by atomic mass is 16.6. The number of carbonyl (C=O) groups is 2. The van der Waals surface area contributed by atoms with E-state index in [9.17, 15) is 19.6 Å². The lowest BCUT2D eigenvalue weighted by Crippen LogP contribution is -2.37. The first-order chi connectivity index (χ1) is 11.0. The van der Waals surface area contributed by atoms with Crippen LogP contribution < -0.4 is 10.4 Å². The Morgan fingerprint density at radius 1 is 1.25 bits per heavy atom. The van der Waals surface area contributed by atoms with Crippen LogP contribution in [0.3, 0.4) is 0 Å². The molecule has 0 aliphatic carbocycles. The summed E-state index contributed by atoms with van der Waals surface area (Å²) in [6, 6.07) is 3.10. The van der Waals surface area contributed by atoms with E-state index in [2.05, 4.69) is 4.74 Å². The average molecular weight is 337 g/mol. The van der Waals surface area contributed by atoms with Gasteiger partial charge >= 0.3 is 19.2 Å². The van der Waals surface area contributed by atoms with Gasteiger partial charge in [-0.1, -0.05) is 0 Å². The minimum atomic E-state index is -1.73. The molecule has 0 fully saturated rings. The van der Waals surface area contributed by atoms with E-state index in [1.165, 1.54) is 25.1 Å². The second kappa shape index (κ2) is 7.68. The number of rotatable bonds is 4. The number of ether oxygens (including phenoxy) is 2. The van der Waals surface area contributed by atoms with Crippen molar-refractivity contribution in [3.8, 4) is 0 Å². The first-order valence-corrected chi connectivity index (χ1v) is 7.49.